The van der Waals surface area contributed by atoms with E-state index in [4.69, 9.17) is 28.9 Å². The first-order valence-corrected chi connectivity index (χ1v) is 5.42. The van der Waals surface area contributed by atoms with Crippen LogP contribution in [0.15, 0.2) is 18.3 Å². The SMILES string of the molecule is Nc1ncc(Cl)c(Nc2c(F)cc(F)cc2Cl)n1. The zero-order valence-electron chi connectivity index (χ0n) is 8.72. The van der Waals surface area contributed by atoms with Crippen LogP contribution in [0.5, 0.6) is 0 Å². The molecule has 4 nitrogen and oxygen atoms in total. The first kappa shape index (κ1) is 12.8. The Hall–Kier alpha value is -1.66. The van der Waals surface area contributed by atoms with Gasteiger partial charge in [-0.2, -0.15) is 4.98 Å². The lowest BCUT2D eigenvalue weighted by molar-refractivity contribution is 0.586. The van der Waals surface area contributed by atoms with Crippen LogP contribution >= 0.6 is 23.2 Å². The third kappa shape index (κ3) is 2.60. The standard InChI is InChI=1S/C10H6Cl2F2N4/c11-5-1-4(13)2-7(14)8(5)17-9-6(12)3-16-10(15)18-9/h1-3H,(H3,15,16,17,18). The average molecular weight is 291 g/mol. The number of benzene rings is 1. The highest BCUT2D eigenvalue weighted by atomic mass is 35.5. The number of rotatable bonds is 2. The normalized spacial score (nSPS) is 10.4. The Bertz CT molecular complexity index is 583. The van der Waals surface area contributed by atoms with E-state index in [1.165, 1.54) is 6.20 Å². The molecule has 1 aromatic heterocycles. The minimum atomic E-state index is -0.867. The number of anilines is 3. The fraction of sp³-hybridized carbons (Fsp3) is 0. The van der Waals surface area contributed by atoms with E-state index in [1.54, 1.807) is 0 Å². The van der Waals surface area contributed by atoms with E-state index in [1.807, 2.05) is 0 Å². The molecule has 0 bridgehead atoms. The van der Waals surface area contributed by atoms with Crippen LogP contribution in [0.1, 0.15) is 0 Å². The highest BCUT2D eigenvalue weighted by molar-refractivity contribution is 6.34. The number of nitrogens with one attached hydrogen (secondary N) is 1. The van der Waals surface area contributed by atoms with Crippen molar-refractivity contribution in [3.63, 3.8) is 0 Å². The van der Waals surface area contributed by atoms with Gasteiger partial charge in [0.1, 0.15) is 10.8 Å². The summed E-state index contributed by atoms with van der Waals surface area (Å²) in [6.07, 6.45) is 1.25. The summed E-state index contributed by atoms with van der Waals surface area (Å²) < 4.78 is 26.4. The van der Waals surface area contributed by atoms with Gasteiger partial charge in [0.15, 0.2) is 11.6 Å². The van der Waals surface area contributed by atoms with Crippen LogP contribution in [0, 0.1) is 11.6 Å². The molecular formula is C10H6Cl2F2N4. The molecule has 0 aliphatic carbocycles. The smallest absolute Gasteiger partial charge is 0.222 e. The summed E-state index contributed by atoms with van der Waals surface area (Å²) in [6, 6.07) is 1.65. The Kier molecular flexibility index (Phi) is 3.49. The summed E-state index contributed by atoms with van der Waals surface area (Å²) >= 11 is 11.5. The average Bonchev–Trinajstić information content (AvgIpc) is 2.28. The minimum absolute atomic E-state index is 0.0412. The van der Waals surface area contributed by atoms with Crippen molar-refractivity contribution in [1.29, 1.82) is 0 Å². The highest BCUT2D eigenvalue weighted by Crippen LogP contribution is 2.31. The molecular weight excluding hydrogens is 285 g/mol. The minimum Gasteiger partial charge on any atom is -0.368 e. The Morgan fingerprint density at radius 2 is 1.89 bits per heavy atom. The zero-order chi connectivity index (χ0) is 13.3. The molecule has 2 aromatic rings. The van der Waals surface area contributed by atoms with Gasteiger partial charge >= 0.3 is 0 Å². The lowest BCUT2D eigenvalue weighted by atomic mass is 10.3. The van der Waals surface area contributed by atoms with Crippen molar-refractivity contribution >= 4 is 40.7 Å². The fourth-order valence-corrected chi connectivity index (χ4v) is 1.63. The van der Waals surface area contributed by atoms with Crippen molar-refractivity contribution < 1.29 is 8.78 Å². The molecule has 3 N–H and O–H groups in total. The number of nitrogen functional groups attached to an aromatic ring is 1. The van der Waals surface area contributed by atoms with Crippen molar-refractivity contribution in [1.82, 2.24) is 9.97 Å². The van der Waals surface area contributed by atoms with Gasteiger partial charge in [0.05, 0.1) is 16.9 Å². The predicted molar refractivity (Wildman–Crippen MR) is 66.1 cm³/mol. The van der Waals surface area contributed by atoms with Gasteiger partial charge in [-0.1, -0.05) is 23.2 Å². The summed E-state index contributed by atoms with van der Waals surface area (Å²) in [5, 5.41) is 2.53. The Morgan fingerprint density at radius 1 is 1.17 bits per heavy atom. The number of hydrogen-bond acceptors (Lipinski definition) is 4. The second-order valence-electron chi connectivity index (χ2n) is 3.29. The monoisotopic (exact) mass is 290 g/mol. The van der Waals surface area contributed by atoms with Gasteiger partial charge in [0, 0.05) is 6.07 Å². The molecule has 18 heavy (non-hydrogen) atoms. The number of nitrogens with two attached hydrogens (primary N) is 1. The molecule has 0 aliphatic heterocycles. The van der Waals surface area contributed by atoms with Crippen molar-refractivity contribution in [3.8, 4) is 0 Å². The summed E-state index contributed by atoms with van der Waals surface area (Å²) in [5.41, 5.74) is 5.23. The largest absolute Gasteiger partial charge is 0.368 e. The maximum absolute atomic E-state index is 13.5. The van der Waals surface area contributed by atoms with Gasteiger partial charge in [0.2, 0.25) is 5.95 Å². The number of aromatic nitrogens is 2. The molecule has 0 amide bonds. The predicted octanol–water partition coefficient (Wildman–Crippen LogP) is 3.39. The van der Waals surface area contributed by atoms with E-state index < -0.39 is 11.6 Å². The molecule has 1 aromatic carbocycles. The molecule has 0 fully saturated rings. The van der Waals surface area contributed by atoms with Gasteiger partial charge in [-0.25, -0.2) is 13.8 Å². The number of hydrogen-bond donors (Lipinski definition) is 2. The Morgan fingerprint density at radius 3 is 2.56 bits per heavy atom. The van der Waals surface area contributed by atoms with Crippen LogP contribution in [0.3, 0.4) is 0 Å². The molecule has 0 saturated carbocycles. The third-order valence-corrected chi connectivity index (χ3v) is 2.59. The molecule has 0 aliphatic rings. The Balaban J connectivity index is 2.43. The van der Waals surface area contributed by atoms with Gasteiger partial charge in [-0.3, -0.25) is 0 Å². The van der Waals surface area contributed by atoms with Crippen molar-refractivity contribution in [2.24, 2.45) is 0 Å². The molecule has 0 saturated heterocycles. The van der Waals surface area contributed by atoms with Crippen LogP contribution in [-0.2, 0) is 0 Å². The molecule has 1 heterocycles. The number of halogens is 4. The van der Waals surface area contributed by atoms with E-state index in [9.17, 15) is 8.78 Å². The molecule has 0 spiro atoms. The second kappa shape index (κ2) is 4.91. The summed E-state index contributed by atoms with van der Waals surface area (Å²) in [6.45, 7) is 0. The van der Waals surface area contributed by atoms with Gasteiger partial charge in [0.25, 0.3) is 0 Å². The van der Waals surface area contributed by atoms with Gasteiger partial charge in [-0.15, -0.1) is 0 Å². The Labute approximate surface area is 111 Å². The van der Waals surface area contributed by atoms with Crippen LogP contribution in [-0.4, -0.2) is 9.97 Å². The fourth-order valence-electron chi connectivity index (χ4n) is 1.25. The lowest BCUT2D eigenvalue weighted by Gasteiger charge is -2.10. The molecule has 0 atom stereocenters. The van der Waals surface area contributed by atoms with Crippen LogP contribution in [0.4, 0.5) is 26.2 Å². The second-order valence-corrected chi connectivity index (χ2v) is 4.11. The quantitative estimate of drug-likeness (QED) is 0.890. The maximum Gasteiger partial charge on any atom is 0.222 e. The highest BCUT2D eigenvalue weighted by Gasteiger charge is 2.13. The zero-order valence-corrected chi connectivity index (χ0v) is 10.2. The maximum atomic E-state index is 13.5. The topological polar surface area (TPSA) is 63.8 Å². The first-order chi connectivity index (χ1) is 8.47. The lowest BCUT2D eigenvalue weighted by Crippen LogP contribution is -2.02. The molecule has 94 valence electrons. The van der Waals surface area contributed by atoms with Crippen molar-refractivity contribution in [3.05, 3.63) is 40.0 Å². The molecule has 0 unspecified atom stereocenters. The molecule has 8 heteroatoms. The molecule has 0 radical (unpaired) electrons. The third-order valence-electron chi connectivity index (χ3n) is 2.01. The van der Waals surface area contributed by atoms with Crippen LogP contribution < -0.4 is 11.1 Å². The van der Waals surface area contributed by atoms with E-state index >= 15 is 0 Å². The van der Waals surface area contributed by atoms with Crippen molar-refractivity contribution in [2.75, 3.05) is 11.1 Å². The number of nitrogens with zero attached hydrogens (tertiary/aromatic N) is 2. The van der Waals surface area contributed by atoms with E-state index in [0.717, 1.165) is 6.07 Å². The van der Waals surface area contributed by atoms with Crippen molar-refractivity contribution in [2.45, 2.75) is 0 Å². The first-order valence-electron chi connectivity index (χ1n) is 4.67. The van der Waals surface area contributed by atoms with E-state index in [2.05, 4.69) is 15.3 Å². The molecule has 2 rings (SSSR count). The van der Waals surface area contributed by atoms with Gasteiger partial charge < -0.3 is 11.1 Å². The van der Waals surface area contributed by atoms with Crippen LogP contribution in [0.2, 0.25) is 10.0 Å². The summed E-state index contributed by atoms with van der Waals surface area (Å²) in [7, 11) is 0. The summed E-state index contributed by atoms with van der Waals surface area (Å²) in [4.78, 5) is 7.43. The van der Waals surface area contributed by atoms with Crippen LogP contribution in [0.25, 0.3) is 0 Å². The van der Waals surface area contributed by atoms with E-state index in [0.29, 0.717) is 6.07 Å². The summed E-state index contributed by atoms with van der Waals surface area (Å²) in [5.74, 6) is -1.61. The van der Waals surface area contributed by atoms with E-state index in [-0.39, 0.29) is 27.5 Å². The van der Waals surface area contributed by atoms with Gasteiger partial charge in [-0.05, 0) is 6.07 Å².